The first-order valence-corrected chi connectivity index (χ1v) is 5.90. The number of aldehydes is 1. The molecule has 0 atom stereocenters. The minimum Gasteiger partial charge on any atom is -0.344 e. The third-order valence-corrected chi connectivity index (χ3v) is 3.32. The average Bonchev–Trinajstić information content (AvgIpc) is 2.86. The van der Waals surface area contributed by atoms with E-state index < -0.39 is 0 Å². The van der Waals surface area contributed by atoms with Gasteiger partial charge in [-0.1, -0.05) is 6.07 Å². The average molecular weight is 242 g/mol. The van der Waals surface area contributed by atoms with Crippen molar-refractivity contribution in [3.8, 4) is 6.07 Å². The van der Waals surface area contributed by atoms with Crippen molar-refractivity contribution < 1.29 is 4.79 Å². The lowest BCUT2D eigenvalue weighted by Gasteiger charge is -2.17. The molecule has 2 rings (SSSR count). The van der Waals surface area contributed by atoms with E-state index >= 15 is 0 Å². The highest BCUT2D eigenvalue weighted by molar-refractivity contribution is 7.12. The maximum atomic E-state index is 10.6. The molecule has 2 aromatic rings. The van der Waals surface area contributed by atoms with E-state index in [4.69, 9.17) is 5.26 Å². The first-order chi connectivity index (χ1) is 8.24. The molecule has 0 aliphatic carbocycles. The monoisotopic (exact) mass is 242 g/mol. The number of anilines is 2. The van der Waals surface area contributed by atoms with Gasteiger partial charge >= 0.3 is 0 Å². The van der Waals surface area contributed by atoms with E-state index in [9.17, 15) is 4.79 Å². The van der Waals surface area contributed by atoms with Crippen molar-refractivity contribution in [2.75, 3.05) is 11.9 Å². The van der Waals surface area contributed by atoms with E-state index in [2.05, 4.69) is 6.07 Å². The fourth-order valence-electron chi connectivity index (χ4n) is 1.51. The van der Waals surface area contributed by atoms with Crippen molar-refractivity contribution in [1.82, 2.24) is 0 Å². The molecular weight excluding hydrogens is 232 g/mol. The summed E-state index contributed by atoms with van der Waals surface area (Å²) in [6, 6.07) is 11.3. The number of carbonyl (C=O) groups is 1. The van der Waals surface area contributed by atoms with E-state index in [1.54, 1.807) is 6.07 Å². The van der Waals surface area contributed by atoms with Gasteiger partial charge in [0.2, 0.25) is 0 Å². The topological polar surface area (TPSA) is 44.1 Å². The predicted octanol–water partition coefficient (Wildman–Crippen LogP) is 3.20. The number of hydrogen-bond acceptors (Lipinski definition) is 4. The number of benzene rings is 1. The quantitative estimate of drug-likeness (QED) is 0.776. The molecule has 0 unspecified atom stereocenters. The second kappa shape index (κ2) is 4.81. The number of rotatable bonds is 3. The molecular formula is C13H10N2OS. The normalized spacial score (nSPS) is 9.65. The van der Waals surface area contributed by atoms with Crippen LogP contribution in [0.3, 0.4) is 0 Å². The molecule has 1 aromatic heterocycles. The van der Waals surface area contributed by atoms with Gasteiger partial charge in [0.15, 0.2) is 6.29 Å². The number of hydrogen-bond donors (Lipinski definition) is 0. The molecule has 4 heteroatoms. The molecule has 0 spiro atoms. The van der Waals surface area contributed by atoms with Crippen LogP contribution in [0.2, 0.25) is 0 Å². The fourth-order valence-corrected chi connectivity index (χ4v) is 2.24. The molecule has 0 fully saturated rings. The molecule has 0 radical (unpaired) electrons. The number of thiophene rings is 1. The van der Waals surface area contributed by atoms with Crippen molar-refractivity contribution in [2.45, 2.75) is 0 Å². The highest BCUT2D eigenvalue weighted by Gasteiger charge is 2.07. The highest BCUT2D eigenvalue weighted by Crippen LogP contribution is 2.27. The molecule has 0 aliphatic heterocycles. The van der Waals surface area contributed by atoms with Gasteiger partial charge in [0.25, 0.3) is 0 Å². The van der Waals surface area contributed by atoms with Gasteiger partial charge in [0, 0.05) is 18.1 Å². The van der Waals surface area contributed by atoms with Crippen LogP contribution in [0.15, 0.2) is 35.7 Å². The molecule has 0 saturated carbocycles. The maximum Gasteiger partial charge on any atom is 0.160 e. The molecule has 0 saturated heterocycles. The molecule has 17 heavy (non-hydrogen) atoms. The van der Waals surface area contributed by atoms with E-state index in [-0.39, 0.29) is 0 Å². The van der Waals surface area contributed by atoms with Crippen LogP contribution in [0, 0.1) is 11.3 Å². The standard InChI is InChI=1S/C13H10N2OS/c1-15(12-6-13(8-16)17-9-12)11-4-2-3-10(5-11)7-14/h2-6,8-9H,1H3. The van der Waals surface area contributed by atoms with E-state index in [0.717, 1.165) is 17.7 Å². The largest absolute Gasteiger partial charge is 0.344 e. The molecule has 0 N–H and O–H groups in total. The maximum absolute atomic E-state index is 10.6. The summed E-state index contributed by atoms with van der Waals surface area (Å²) in [6.45, 7) is 0. The summed E-state index contributed by atoms with van der Waals surface area (Å²) in [6.07, 6.45) is 0.841. The second-order valence-electron chi connectivity index (χ2n) is 3.55. The van der Waals surface area contributed by atoms with E-state index in [1.807, 2.05) is 41.6 Å². The van der Waals surface area contributed by atoms with Crippen LogP contribution >= 0.6 is 11.3 Å². The number of nitrogens with zero attached hydrogens (tertiary/aromatic N) is 2. The highest BCUT2D eigenvalue weighted by atomic mass is 32.1. The molecule has 84 valence electrons. The summed E-state index contributed by atoms with van der Waals surface area (Å²) in [5.74, 6) is 0. The van der Waals surface area contributed by atoms with Crippen LogP contribution in [-0.2, 0) is 0 Å². The van der Waals surface area contributed by atoms with E-state index in [0.29, 0.717) is 10.4 Å². The van der Waals surface area contributed by atoms with Crippen LogP contribution in [0.1, 0.15) is 15.2 Å². The molecule has 0 bridgehead atoms. The Balaban J connectivity index is 2.33. The van der Waals surface area contributed by atoms with Crippen LogP contribution in [0.25, 0.3) is 0 Å². The Morgan fingerprint density at radius 3 is 2.82 bits per heavy atom. The Morgan fingerprint density at radius 1 is 1.35 bits per heavy atom. The lowest BCUT2D eigenvalue weighted by Crippen LogP contribution is -2.08. The zero-order chi connectivity index (χ0) is 12.3. The van der Waals surface area contributed by atoms with Gasteiger partial charge in [0.05, 0.1) is 22.2 Å². The van der Waals surface area contributed by atoms with Gasteiger partial charge in [-0.25, -0.2) is 0 Å². The van der Waals surface area contributed by atoms with Gasteiger partial charge < -0.3 is 4.90 Å². The van der Waals surface area contributed by atoms with Gasteiger partial charge in [-0.3, -0.25) is 4.79 Å². The summed E-state index contributed by atoms with van der Waals surface area (Å²) in [4.78, 5) is 13.3. The molecule has 1 heterocycles. The lowest BCUT2D eigenvalue weighted by atomic mass is 10.2. The third-order valence-electron chi connectivity index (χ3n) is 2.47. The van der Waals surface area contributed by atoms with Crippen molar-refractivity contribution in [3.05, 3.63) is 46.2 Å². The zero-order valence-electron chi connectivity index (χ0n) is 9.25. The van der Waals surface area contributed by atoms with Gasteiger partial charge in [-0.05, 0) is 24.3 Å². The Hall–Kier alpha value is -2.12. The molecule has 0 aliphatic rings. The number of carbonyl (C=O) groups excluding carboxylic acids is 1. The Morgan fingerprint density at radius 2 is 2.18 bits per heavy atom. The lowest BCUT2D eigenvalue weighted by molar-refractivity contribution is 0.112. The van der Waals surface area contributed by atoms with Gasteiger partial charge in [0.1, 0.15) is 0 Å². The van der Waals surface area contributed by atoms with E-state index in [1.165, 1.54) is 11.3 Å². The summed E-state index contributed by atoms with van der Waals surface area (Å²) in [5.41, 5.74) is 2.51. The fraction of sp³-hybridized carbons (Fsp3) is 0.0769. The Labute approximate surface area is 104 Å². The van der Waals surface area contributed by atoms with Crippen LogP contribution in [0.4, 0.5) is 11.4 Å². The summed E-state index contributed by atoms with van der Waals surface area (Å²) >= 11 is 1.41. The first-order valence-electron chi connectivity index (χ1n) is 5.02. The Kier molecular flexibility index (Phi) is 3.22. The van der Waals surface area contributed by atoms with Gasteiger partial charge in [-0.15, -0.1) is 11.3 Å². The second-order valence-corrected chi connectivity index (χ2v) is 4.49. The molecule has 0 amide bonds. The minimum absolute atomic E-state index is 0.625. The SMILES string of the molecule is CN(c1cccc(C#N)c1)c1csc(C=O)c1. The zero-order valence-corrected chi connectivity index (χ0v) is 10.1. The van der Waals surface area contributed by atoms with Crippen LogP contribution in [-0.4, -0.2) is 13.3 Å². The van der Waals surface area contributed by atoms with Crippen molar-refractivity contribution in [1.29, 1.82) is 5.26 Å². The Bertz CT molecular complexity index is 583. The summed E-state index contributed by atoms with van der Waals surface area (Å²) in [7, 11) is 1.91. The van der Waals surface area contributed by atoms with Crippen molar-refractivity contribution >= 4 is 29.0 Å². The predicted molar refractivity (Wildman–Crippen MR) is 68.9 cm³/mol. The first kappa shape index (κ1) is 11.4. The molecule has 1 aromatic carbocycles. The summed E-state index contributed by atoms with van der Waals surface area (Å²) < 4.78 is 0. The van der Waals surface area contributed by atoms with Crippen LogP contribution < -0.4 is 4.90 Å². The van der Waals surface area contributed by atoms with Gasteiger partial charge in [-0.2, -0.15) is 5.26 Å². The smallest absolute Gasteiger partial charge is 0.160 e. The van der Waals surface area contributed by atoms with Crippen molar-refractivity contribution in [3.63, 3.8) is 0 Å². The summed E-state index contributed by atoms with van der Waals surface area (Å²) in [5, 5.41) is 10.8. The molecule has 3 nitrogen and oxygen atoms in total. The third kappa shape index (κ3) is 2.35. The van der Waals surface area contributed by atoms with Crippen LogP contribution in [0.5, 0.6) is 0 Å². The minimum atomic E-state index is 0.625. The number of nitriles is 1. The van der Waals surface area contributed by atoms with Crippen molar-refractivity contribution in [2.24, 2.45) is 0 Å².